The Bertz CT molecular complexity index is 511. The molecular formula is C14H21N3O. The fraction of sp³-hybridized carbons (Fsp3) is 0.500. The zero-order chi connectivity index (χ0) is 13.1. The van der Waals surface area contributed by atoms with Crippen molar-refractivity contribution < 1.29 is 5.11 Å². The van der Waals surface area contributed by atoms with Crippen LogP contribution in [0.15, 0.2) is 24.5 Å². The zero-order valence-corrected chi connectivity index (χ0v) is 11.3. The van der Waals surface area contributed by atoms with Crippen LogP contribution in [0.1, 0.15) is 43.8 Å². The van der Waals surface area contributed by atoms with E-state index >= 15 is 0 Å². The first-order valence-corrected chi connectivity index (χ1v) is 6.53. The Labute approximate surface area is 108 Å². The van der Waals surface area contributed by atoms with Crippen molar-refractivity contribution in [3.8, 4) is 0 Å². The van der Waals surface area contributed by atoms with Gasteiger partial charge in [0.25, 0.3) is 0 Å². The fourth-order valence-corrected chi connectivity index (χ4v) is 2.08. The molecular weight excluding hydrogens is 226 g/mol. The van der Waals surface area contributed by atoms with Crippen LogP contribution in [0.5, 0.6) is 0 Å². The monoisotopic (exact) mass is 247 g/mol. The Morgan fingerprint density at radius 2 is 2.17 bits per heavy atom. The highest BCUT2D eigenvalue weighted by Crippen LogP contribution is 2.14. The third-order valence-electron chi connectivity index (χ3n) is 3.18. The van der Waals surface area contributed by atoms with Crippen LogP contribution < -0.4 is 0 Å². The summed E-state index contributed by atoms with van der Waals surface area (Å²) in [6.07, 6.45) is 4.54. The van der Waals surface area contributed by atoms with Crippen molar-refractivity contribution in [1.29, 1.82) is 0 Å². The average Bonchev–Trinajstić information content (AvgIpc) is 2.96. The van der Waals surface area contributed by atoms with Gasteiger partial charge in [-0.3, -0.25) is 4.68 Å². The van der Waals surface area contributed by atoms with Gasteiger partial charge in [0.05, 0.1) is 24.0 Å². The SMILES string of the molecule is CCc1cc(Cn2ccc(C(C)O)c2)n(CC)n1. The molecule has 0 radical (unpaired) electrons. The molecule has 4 heteroatoms. The van der Waals surface area contributed by atoms with Crippen LogP contribution in [0.4, 0.5) is 0 Å². The second-order valence-corrected chi connectivity index (χ2v) is 4.59. The largest absolute Gasteiger partial charge is 0.389 e. The number of hydrogen-bond acceptors (Lipinski definition) is 2. The number of aliphatic hydroxyl groups excluding tert-OH is 1. The Morgan fingerprint density at radius 1 is 1.39 bits per heavy atom. The van der Waals surface area contributed by atoms with Crippen molar-refractivity contribution in [3.05, 3.63) is 41.5 Å². The lowest BCUT2D eigenvalue weighted by atomic mass is 10.2. The summed E-state index contributed by atoms with van der Waals surface area (Å²) in [5, 5.41) is 14.1. The topological polar surface area (TPSA) is 43.0 Å². The van der Waals surface area contributed by atoms with E-state index in [1.54, 1.807) is 6.92 Å². The molecule has 0 fully saturated rings. The maximum absolute atomic E-state index is 9.52. The van der Waals surface area contributed by atoms with E-state index < -0.39 is 6.10 Å². The van der Waals surface area contributed by atoms with Crippen LogP contribution in [-0.4, -0.2) is 19.5 Å². The first kappa shape index (κ1) is 12.9. The van der Waals surface area contributed by atoms with Gasteiger partial charge in [-0.1, -0.05) is 6.92 Å². The summed E-state index contributed by atoms with van der Waals surface area (Å²) in [7, 11) is 0. The summed E-state index contributed by atoms with van der Waals surface area (Å²) in [4.78, 5) is 0. The number of aliphatic hydroxyl groups is 1. The summed E-state index contributed by atoms with van der Waals surface area (Å²) in [6.45, 7) is 7.69. The molecule has 0 saturated heterocycles. The Hall–Kier alpha value is -1.55. The minimum Gasteiger partial charge on any atom is -0.389 e. The van der Waals surface area contributed by atoms with Gasteiger partial charge >= 0.3 is 0 Å². The van der Waals surface area contributed by atoms with Gasteiger partial charge in [0, 0.05) is 18.9 Å². The van der Waals surface area contributed by atoms with Gasteiger partial charge in [-0.05, 0) is 38.0 Å². The lowest BCUT2D eigenvalue weighted by molar-refractivity contribution is 0.199. The van der Waals surface area contributed by atoms with Crippen LogP contribution in [0.3, 0.4) is 0 Å². The van der Waals surface area contributed by atoms with Gasteiger partial charge in [0.15, 0.2) is 0 Å². The van der Waals surface area contributed by atoms with Crippen molar-refractivity contribution in [3.63, 3.8) is 0 Å². The molecule has 98 valence electrons. The van der Waals surface area contributed by atoms with Crippen LogP contribution in [0.2, 0.25) is 0 Å². The molecule has 0 amide bonds. The fourth-order valence-electron chi connectivity index (χ4n) is 2.08. The molecule has 4 nitrogen and oxygen atoms in total. The van der Waals surface area contributed by atoms with Gasteiger partial charge < -0.3 is 9.67 Å². The molecule has 0 aliphatic rings. The summed E-state index contributed by atoms with van der Waals surface area (Å²) in [5.41, 5.74) is 3.30. The van der Waals surface area contributed by atoms with E-state index in [4.69, 9.17) is 0 Å². The average molecular weight is 247 g/mol. The highest BCUT2D eigenvalue weighted by atomic mass is 16.3. The van der Waals surface area contributed by atoms with E-state index in [9.17, 15) is 5.11 Å². The lowest BCUT2D eigenvalue weighted by Gasteiger charge is -2.06. The van der Waals surface area contributed by atoms with Crippen molar-refractivity contribution in [1.82, 2.24) is 14.3 Å². The molecule has 18 heavy (non-hydrogen) atoms. The minimum atomic E-state index is -0.409. The maximum Gasteiger partial charge on any atom is 0.0776 e. The van der Waals surface area contributed by atoms with E-state index in [1.165, 1.54) is 5.69 Å². The standard InChI is InChI=1S/C14H21N3O/c1-4-13-8-14(17(5-2)15-13)10-16-7-6-12(9-16)11(3)18/h6-9,11,18H,4-5,10H2,1-3H3. The summed E-state index contributed by atoms with van der Waals surface area (Å²) in [5.74, 6) is 0. The minimum absolute atomic E-state index is 0.409. The molecule has 0 saturated carbocycles. The van der Waals surface area contributed by atoms with Crippen LogP contribution >= 0.6 is 0 Å². The van der Waals surface area contributed by atoms with Crippen LogP contribution in [-0.2, 0) is 19.5 Å². The summed E-state index contributed by atoms with van der Waals surface area (Å²) < 4.78 is 4.13. The van der Waals surface area contributed by atoms with Crippen molar-refractivity contribution in [2.75, 3.05) is 0 Å². The van der Waals surface area contributed by atoms with E-state index in [0.29, 0.717) is 0 Å². The van der Waals surface area contributed by atoms with Gasteiger partial charge in [0.2, 0.25) is 0 Å². The molecule has 1 atom stereocenters. The number of rotatable bonds is 5. The highest BCUT2D eigenvalue weighted by Gasteiger charge is 2.08. The first-order valence-electron chi connectivity index (χ1n) is 6.53. The van der Waals surface area contributed by atoms with Gasteiger partial charge in [-0.25, -0.2) is 0 Å². The molecule has 2 rings (SSSR count). The first-order chi connectivity index (χ1) is 8.63. The normalized spacial score (nSPS) is 12.9. The van der Waals surface area contributed by atoms with E-state index in [-0.39, 0.29) is 0 Å². The molecule has 1 N–H and O–H groups in total. The Kier molecular flexibility index (Phi) is 3.87. The Morgan fingerprint density at radius 3 is 2.72 bits per heavy atom. The van der Waals surface area contributed by atoms with E-state index in [1.807, 2.05) is 23.1 Å². The molecule has 2 aromatic heterocycles. The number of aromatic nitrogens is 3. The predicted molar refractivity (Wildman–Crippen MR) is 71.4 cm³/mol. The second kappa shape index (κ2) is 5.40. The summed E-state index contributed by atoms with van der Waals surface area (Å²) >= 11 is 0. The zero-order valence-electron chi connectivity index (χ0n) is 11.3. The van der Waals surface area contributed by atoms with Gasteiger partial charge in [-0.2, -0.15) is 5.10 Å². The summed E-state index contributed by atoms with van der Waals surface area (Å²) in [6, 6.07) is 4.11. The molecule has 2 aromatic rings. The number of nitrogens with zero attached hydrogens (tertiary/aromatic N) is 3. The van der Waals surface area contributed by atoms with Gasteiger partial charge in [0.1, 0.15) is 0 Å². The third-order valence-corrected chi connectivity index (χ3v) is 3.18. The molecule has 1 unspecified atom stereocenters. The smallest absolute Gasteiger partial charge is 0.0776 e. The van der Waals surface area contributed by atoms with E-state index in [2.05, 4.69) is 29.6 Å². The predicted octanol–water partition coefficient (Wildman–Crippen LogP) is 2.37. The molecule has 0 aliphatic carbocycles. The Balaban J connectivity index is 2.19. The van der Waals surface area contributed by atoms with E-state index in [0.717, 1.165) is 30.8 Å². The van der Waals surface area contributed by atoms with Crippen molar-refractivity contribution >= 4 is 0 Å². The van der Waals surface area contributed by atoms with Crippen molar-refractivity contribution in [2.45, 2.75) is 46.4 Å². The second-order valence-electron chi connectivity index (χ2n) is 4.59. The quantitative estimate of drug-likeness (QED) is 0.881. The van der Waals surface area contributed by atoms with Crippen LogP contribution in [0, 0.1) is 0 Å². The molecule has 0 aliphatic heterocycles. The number of hydrogen-bond donors (Lipinski definition) is 1. The molecule has 0 spiro atoms. The molecule has 0 bridgehead atoms. The number of aryl methyl sites for hydroxylation is 2. The lowest BCUT2D eigenvalue weighted by Crippen LogP contribution is -2.06. The van der Waals surface area contributed by atoms with Gasteiger partial charge in [-0.15, -0.1) is 0 Å². The third kappa shape index (κ3) is 2.64. The van der Waals surface area contributed by atoms with Crippen molar-refractivity contribution in [2.24, 2.45) is 0 Å². The maximum atomic E-state index is 9.52. The molecule has 0 aromatic carbocycles. The molecule has 2 heterocycles. The van der Waals surface area contributed by atoms with Crippen LogP contribution in [0.25, 0.3) is 0 Å². The highest BCUT2D eigenvalue weighted by molar-refractivity contribution is 5.16.